The molecule has 20 heavy (non-hydrogen) atoms. The number of hydrogen-bond donors (Lipinski definition) is 2. The lowest BCUT2D eigenvalue weighted by Crippen LogP contribution is -2.50. The first-order valence-electron chi connectivity index (χ1n) is 7.79. The summed E-state index contributed by atoms with van der Waals surface area (Å²) >= 11 is 0. The summed E-state index contributed by atoms with van der Waals surface area (Å²) in [7, 11) is 0. The molecule has 0 aliphatic rings. The smallest absolute Gasteiger partial charge is 0.237 e. The molecule has 0 saturated carbocycles. The number of hydrogen-bond acceptors (Lipinski definition) is 3. The number of rotatable bonds is 6. The molecule has 126 valence electrons. The van der Waals surface area contributed by atoms with Gasteiger partial charge >= 0.3 is 0 Å². The lowest BCUT2D eigenvalue weighted by molar-refractivity contribution is -0.126. The van der Waals surface area contributed by atoms with E-state index in [0.29, 0.717) is 0 Å². The molecule has 0 aromatic rings. The van der Waals surface area contributed by atoms with Crippen molar-refractivity contribution in [3.05, 3.63) is 0 Å². The lowest BCUT2D eigenvalue weighted by atomic mass is 10.0. The molecule has 0 aromatic heterocycles. The molecule has 1 atom stereocenters. The molecule has 0 bridgehead atoms. The number of carbonyl (C=O) groups excluding carboxylic acids is 2. The van der Waals surface area contributed by atoms with Crippen LogP contribution in [0.1, 0.15) is 71.6 Å². The van der Waals surface area contributed by atoms with Crippen LogP contribution in [0.25, 0.3) is 0 Å². The predicted molar refractivity (Wildman–Crippen MR) is 92.1 cm³/mol. The van der Waals surface area contributed by atoms with Crippen LogP contribution in [-0.4, -0.2) is 30.3 Å². The Hall–Kier alpha value is -0.900. The standard InChI is InChI=1S/C11H22N2O2.C3H8.C2H6.2H2/c1-7(2)10(13-8(3)4)11(15)12-6-9(5)14;1-3-2;1-2;;/h7-8,10,13H,6H2,1-5H3,(H,12,15);3H2,1-2H3;1-2H3;2*1H. The van der Waals surface area contributed by atoms with Crippen molar-refractivity contribution < 1.29 is 12.4 Å². The van der Waals surface area contributed by atoms with Crippen molar-refractivity contribution in [1.29, 1.82) is 0 Å². The quantitative estimate of drug-likeness (QED) is 0.785. The highest BCUT2D eigenvalue weighted by molar-refractivity contribution is 5.87. The summed E-state index contributed by atoms with van der Waals surface area (Å²) in [6, 6.07) is 0.0184. The van der Waals surface area contributed by atoms with E-state index in [4.69, 9.17) is 0 Å². The molecule has 1 amide bonds. The molecule has 0 aliphatic carbocycles. The first-order chi connectivity index (χ1) is 9.26. The van der Waals surface area contributed by atoms with Gasteiger partial charge in [0.1, 0.15) is 5.78 Å². The SMILES string of the molecule is CC.CC(=O)CNC(=O)C(NC(C)C)C(C)C.CCC.[HH].[HH]. The van der Waals surface area contributed by atoms with Crippen molar-refractivity contribution in [2.24, 2.45) is 5.92 Å². The molecule has 0 saturated heterocycles. The maximum absolute atomic E-state index is 11.7. The Morgan fingerprint density at radius 3 is 1.70 bits per heavy atom. The maximum Gasteiger partial charge on any atom is 0.237 e. The summed E-state index contributed by atoms with van der Waals surface area (Å²) in [5.41, 5.74) is 0. The Morgan fingerprint density at radius 2 is 1.45 bits per heavy atom. The molecule has 1 unspecified atom stereocenters. The topological polar surface area (TPSA) is 58.2 Å². The fourth-order valence-corrected chi connectivity index (χ4v) is 1.25. The van der Waals surface area contributed by atoms with E-state index < -0.39 is 0 Å². The van der Waals surface area contributed by atoms with Crippen LogP contribution >= 0.6 is 0 Å². The van der Waals surface area contributed by atoms with E-state index in [1.807, 2.05) is 41.5 Å². The molecule has 4 nitrogen and oxygen atoms in total. The zero-order valence-electron chi connectivity index (χ0n) is 15.0. The molecule has 4 heteroatoms. The van der Waals surface area contributed by atoms with Crippen LogP contribution in [-0.2, 0) is 9.59 Å². The summed E-state index contributed by atoms with van der Waals surface area (Å²) in [6.07, 6.45) is 1.25. The third-order valence-electron chi connectivity index (χ3n) is 1.97. The van der Waals surface area contributed by atoms with Gasteiger partial charge in [-0.3, -0.25) is 9.59 Å². The zero-order valence-corrected chi connectivity index (χ0v) is 15.0. The largest absolute Gasteiger partial charge is 0.348 e. The first-order valence-corrected chi connectivity index (χ1v) is 7.79. The van der Waals surface area contributed by atoms with Gasteiger partial charge in [0.25, 0.3) is 0 Å². The fourth-order valence-electron chi connectivity index (χ4n) is 1.25. The highest BCUT2D eigenvalue weighted by atomic mass is 16.2. The van der Waals surface area contributed by atoms with Crippen LogP contribution in [0, 0.1) is 5.92 Å². The zero-order chi connectivity index (χ0) is 16.7. The molecular formula is C16H40N2O2. The van der Waals surface area contributed by atoms with Gasteiger partial charge < -0.3 is 10.6 Å². The minimum absolute atomic E-state index is 0. The Morgan fingerprint density at radius 1 is 1.05 bits per heavy atom. The monoisotopic (exact) mass is 292 g/mol. The lowest BCUT2D eigenvalue weighted by Gasteiger charge is -2.23. The average molecular weight is 293 g/mol. The van der Waals surface area contributed by atoms with E-state index in [2.05, 4.69) is 24.5 Å². The molecule has 0 radical (unpaired) electrons. The number of carbonyl (C=O) groups is 2. The minimum Gasteiger partial charge on any atom is -0.348 e. The third-order valence-corrected chi connectivity index (χ3v) is 1.97. The van der Waals surface area contributed by atoms with Gasteiger partial charge in [-0.25, -0.2) is 0 Å². The number of nitrogens with one attached hydrogen (secondary N) is 2. The van der Waals surface area contributed by atoms with Gasteiger partial charge in [0.2, 0.25) is 5.91 Å². The fraction of sp³-hybridized carbons (Fsp3) is 0.875. The Bertz CT molecular complexity index is 248. The second kappa shape index (κ2) is 16.2. The highest BCUT2D eigenvalue weighted by Crippen LogP contribution is 2.02. The molecule has 0 fully saturated rings. The third kappa shape index (κ3) is 17.1. The van der Waals surface area contributed by atoms with Gasteiger partial charge in [-0.1, -0.05) is 61.8 Å². The van der Waals surface area contributed by atoms with Crippen LogP contribution < -0.4 is 10.6 Å². The molecular weight excluding hydrogens is 252 g/mol. The van der Waals surface area contributed by atoms with Gasteiger partial charge in [0.05, 0.1) is 12.6 Å². The Kier molecular flexibility index (Phi) is 19.5. The Labute approximate surface area is 129 Å². The van der Waals surface area contributed by atoms with Gasteiger partial charge in [0.15, 0.2) is 0 Å². The molecule has 0 heterocycles. The van der Waals surface area contributed by atoms with Crippen LogP contribution in [0.2, 0.25) is 0 Å². The van der Waals surface area contributed by atoms with E-state index in [9.17, 15) is 9.59 Å². The van der Waals surface area contributed by atoms with Crippen molar-refractivity contribution in [3.63, 3.8) is 0 Å². The van der Waals surface area contributed by atoms with E-state index in [1.165, 1.54) is 13.3 Å². The van der Waals surface area contributed by atoms with Crippen molar-refractivity contribution >= 4 is 11.7 Å². The summed E-state index contributed by atoms with van der Waals surface area (Å²) in [4.78, 5) is 22.4. The molecule has 2 N–H and O–H groups in total. The van der Waals surface area contributed by atoms with Gasteiger partial charge in [-0.2, -0.15) is 0 Å². The van der Waals surface area contributed by atoms with Crippen molar-refractivity contribution in [2.75, 3.05) is 6.54 Å². The number of ketones is 1. The van der Waals surface area contributed by atoms with Crippen molar-refractivity contribution in [3.8, 4) is 0 Å². The van der Waals surface area contributed by atoms with E-state index >= 15 is 0 Å². The van der Waals surface area contributed by atoms with Crippen LogP contribution in [0.5, 0.6) is 0 Å². The second-order valence-corrected chi connectivity index (χ2v) is 5.17. The van der Waals surface area contributed by atoms with Crippen LogP contribution in [0.4, 0.5) is 0 Å². The van der Waals surface area contributed by atoms with E-state index in [0.717, 1.165) is 0 Å². The highest BCUT2D eigenvalue weighted by Gasteiger charge is 2.22. The molecule has 0 aliphatic heterocycles. The minimum atomic E-state index is -0.232. The normalized spacial score (nSPS) is 10.9. The van der Waals surface area contributed by atoms with Crippen molar-refractivity contribution in [1.82, 2.24) is 10.6 Å². The van der Waals surface area contributed by atoms with Gasteiger partial charge in [-0.05, 0) is 12.8 Å². The summed E-state index contributed by atoms with van der Waals surface area (Å²) in [5, 5.41) is 5.80. The maximum atomic E-state index is 11.7. The first kappa shape index (κ1) is 24.1. The van der Waals surface area contributed by atoms with Crippen LogP contribution in [0.15, 0.2) is 0 Å². The number of amides is 1. The molecule has 0 aromatic carbocycles. The van der Waals surface area contributed by atoms with E-state index in [-0.39, 0.29) is 39.1 Å². The average Bonchev–Trinajstić information content (AvgIpc) is 2.36. The summed E-state index contributed by atoms with van der Waals surface area (Å²) in [5.74, 6) is 0.0728. The molecule has 0 rings (SSSR count). The molecule has 0 spiro atoms. The van der Waals surface area contributed by atoms with Crippen LogP contribution in [0.3, 0.4) is 0 Å². The Balaban J connectivity index is -0.000000122. The predicted octanol–water partition coefficient (Wildman–Crippen LogP) is 3.65. The number of Topliss-reactive ketones (excluding diaryl/α,β-unsaturated/α-hetero) is 1. The van der Waals surface area contributed by atoms with Crippen molar-refractivity contribution in [2.45, 2.75) is 80.8 Å². The van der Waals surface area contributed by atoms with Gasteiger partial charge in [-0.15, -0.1) is 0 Å². The summed E-state index contributed by atoms with van der Waals surface area (Å²) < 4.78 is 0. The second-order valence-electron chi connectivity index (χ2n) is 5.17. The van der Waals surface area contributed by atoms with E-state index in [1.54, 1.807) is 0 Å². The van der Waals surface area contributed by atoms with Gasteiger partial charge in [0, 0.05) is 8.90 Å². The summed E-state index contributed by atoms with van der Waals surface area (Å²) in [6.45, 7) is 17.8.